The van der Waals surface area contributed by atoms with Crippen molar-refractivity contribution in [1.82, 2.24) is 19.3 Å². The fourth-order valence-corrected chi connectivity index (χ4v) is 2.98. The number of nitrogens with one attached hydrogen (secondary N) is 1. The summed E-state index contributed by atoms with van der Waals surface area (Å²) in [6.45, 7) is 0. The molecule has 0 atom stereocenters. The Bertz CT molecular complexity index is 1030. The number of H-pyrrole nitrogens is 1. The van der Waals surface area contributed by atoms with E-state index in [0.29, 0.717) is 6.42 Å². The van der Waals surface area contributed by atoms with Gasteiger partial charge in [-0.15, -0.1) is 0 Å². The van der Waals surface area contributed by atoms with E-state index in [0.717, 1.165) is 33.8 Å². The first kappa shape index (κ1) is 14.5. The van der Waals surface area contributed by atoms with Crippen LogP contribution in [0.3, 0.4) is 0 Å². The first-order valence-corrected chi connectivity index (χ1v) is 7.89. The second-order valence-electron chi connectivity index (χ2n) is 6.04. The molecule has 4 aromatic rings. The van der Waals surface area contributed by atoms with Crippen LogP contribution in [0, 0.1) is 0 Å². The highest BCUT2D eigenvalue weighted by Gasteiger charge is 2.20. The SMILES string of the molecule is CN(C)C(=O)Cc1c(-c2ccccc2)nc2[nH]c3ccccc3n12. The molecule has 0 saturated heterocycles. The molecule has 2 aromatic heterocycles. The van der Waals surface area contributed by atoms with Crippen molar-refractivity contribution in [2.45, 2.75) is 6.42 Å². The zero-order valence-electron chi connectivity index (χ0n) is 13.7. The molecule has 0 spiro atoms. The third-order valence-corrected chi connectivity index (χ3v) is 4.23. The van der Waals surface area contributed by atoms with Gasteiger partial charge in [0.05, 0.1) is 28.8 Å². The lowest BCUT2D eigenvalue weighted by molar-refractivity contribution is -0.128. The Kier molecular flexibility index (Phi) is 3.34. The molecule has 0 unspecified atom stereocenters. The number of aromatic amines is 1. The molecule has 0 aliphatic heterocycles. The number of rotatable bonds is 3. The number of nitrogens with zero attached hydrogens (tertiary/aromatic N) is 3. The lowest BCUT2D eigenvalue weighted by Gasteiger charge is -2.11. The van der Waals surface area contributed by atoms with Crippen molar-refractivity contribution < 1.29 is 4.79 Å². The van der Waals surface area contributed by atoms with Gasteiger partial charge in [0.25, 0.3) is 0 Å². The Labute approximate surface area is 139 Å². The van der Waals surface area contributed by atoms with E-state index in [9.17, 15) is 4.79 Å². The molecule has 1 amide bonds. The summed E-state index contributed by atoms with van der Waals surface area (Å²) < 4.78 is 2.05. The third-order valence-electron chi connectivity index (χ3n) is 4.23. The summed E-state index contributed by atoms with van der Waals surface area (Å²) >= 11 is 0. The van der Waals surface area contributed by atoms with Gasteiger partial charge in [0.1, 0.15) is 0 Å². The minimum Gasteiger partial charge on any atom is -0.348 e. The molecule has 2 aromatic carbocycles. The van der Waals surface area contributed by atoms with Gasteiger partial charge in [0, 0.05) is 19.7 Å². The van der Waals surface area contributed by atoms with Gasteiger partial charge in [-0.05, 0) is 12.1 Å². The number of fused-ring (bicyclic) bond motifs is 3. The number of imidazole rings is 2. The molecule has 1 N–H and O–H groups in total. The molecule has 0 saturated carbocycles. The summed E-state index contributed by atoms with van der Waals surface area (Å²) in [6, 6.07) is 18.0. The molecule has 0 aliphatic rings. The molecule has 5 nitrogen and oxygen atoms in total. The van der Waals surface area contributed by atoms with Crippen molar-refractivity contribution in [3.8, 4) is 11.3 Å². The second-order valence-corrected chi connectivity index (χ2v) is 6.04. The minimum atomic E-state index is 0.0549. The summed E-state index contributed by atoms with van der Waals surface area (Å²) in [4.78, 5) is 22.1. The van der Waals surface area contributed by atoms with E-state index >= 15 is 0 Å². The number of likely N-dealkylation sites (N-methyl/N-ethyl adjacent to an activating group) is 1. The van der Waals surface area contributed by atoms with Gasteiger partial charge in [-0.25, -0.2) is 4.98 Å². The van der Waals surface area contributed by atoms with E-state index in [1.807, 2.05) is 54.6 Å². The second kappa shape index (κ2) is 5.53. The monoisotopic (exact) mass is 318 g/mol. The van der Waals surface area contributed by atoms with Crippen LogP contribution in [0.5, 0.6) is 0 Å². The Balaban J connectivity index is 2.00. The highest BCUT2D eigenvalue weighted by atomic mass is 16.2. The molecule has 0 aliphatic carbocycles. The fourth-order valence-electron chi connectivity index (χ4n) is 2.98. The van der Waals surface area contributed by atoms with Crippen molar-refractivity contribution in [1.29, 1.82) is 0 Å². The number of carbonyl (C=O) groups excluding carboxylic acids is 1. The van der Waals surface area contributed by atoms with Crippen molar-refractivity contribution in [3.63, 3.8) is 0 Å². The van der Waals surface area contributed by atoms with Gasteiger partial charge in [0.15, 0.2) is 0 Å². The van der Waals surface area contributed by atoms with Gasteiger partial charge in [-0.2, -0.15) is 0 Å². The summed E-state index contributed by atoms with van der Waals surface area (Å²) in [7, 11) is 3.55. The van der Waals surface area contributed by atoms with Gasteiger partial charge in [-0.1, -0.05) is 42.5 Å². The Morgan fingerprint density at radius 1 is 1.08 bits per heavy atom. The van der Waals surface area contributed by atoms with Crippen LogP contribution in [0.15, 0.2) is 54.6 Å². The minimum absolute atomic E-state index is 0.0549. The van der Waals surface area contributed by atoms with E-state index in [1.165, 1.54) is 0 Å². The van der Waals surface area contributed by atoms with E-state index in [4.69, 9.17) is 4.98 Å². The Morgan fingerprint density at radius 2 is 1.79 bits per heavy atom. The predicted octanol–water partition coefficient (Wildman–Crippen LogP) is 3.11. The first-order valence-electron chi connectivity index (χ1n) is 7.89. The standard InChI is InChI=1S/C19H18N4O/c1-22(2)17(24)12-16-18(13-8-4-3-5-9-13)21-19-20-14-10-6-7-11-15(14)23(16)19/h3-11H,12H2,1-2H3,(H,20,21). The van der Waals surface area contributed by atoms with E-state index in [2.05, 4.69) is 9.38 Å². The van der Waals surface area contributed by atoms with Crippen molar-refractivity contribution in [2.75, 3.05) is 14.1 Å². The van der Waals surface area contributed by atoms with Crippen LogP contribution in [-0.2, 0) is 11.2 Å². The van der Waals surface area contributed by atoms with Crippen LogP contribution in [0.2, 0.25) is 0 Å². The average Bonchev–Trinajstić information content (AvgIpc) is 3.12. The average molecular weight is 318 g/mol. The summed E-state index contributed by atoms with van der Waals surface area (Å²) in [5, 5.41) is 0. The molecular weight excluding hydrogens is 300 g/mol. The highest BCUT2D eigenvalue weighted by molar-refractivity contribution is 5.85. The number of hydrogen-bond acceptors (Lipinski definition) is 2. The molecule has 0 radical (unpaired) electrons. The van der Waals surface area contributed by atoms with Gasteiger partial charge in [-0.3, -0.25) is 9.20 Å². The van der Waals surface area contributed by atoms with E-state index < -0.39 is 0 Å². The van der Waals surface area contributed by atoms with Gasteiger partial charge in [0.2, 0.25) is 11.7 Å². The number of hydrogen-bond donors (Lipinski definition) is 1. The normalized spacial score (nSPS) is 11.2. The Hall–Kier alpha value is -3.08. The lowest BCUT2D eigenvalue weighted by Crippen LogP contribution is -2.24. The van der Waals surface area contributed by atoms with E-state index in [1.54, 1.807) is 19.0 Å². The molecule has 0 fully saturated rings. The van der Waals surface area contributed by atoms with Crippen LogP contribution < -0.4 is 0 Å². The molecule has 2 heterocycles. The largest absolute Gasteiger partial charge is 0.348 e. The maximum atomic E-state index is 12.4. The van der Waals surface area contributed by atoms with Crippen molar-refractivity contribution >= 4 is 22.7 Å². The van der Waals surface area contributed by atoms with Crippen LogP contribution in [0.4, 0.5) is 0 Å². The predicted molar refractivity (Wildman–Crippen MR) is 94.9 cm³/mol. The summed E-state index contributed by atoms with van der Waals surface area (Å²) in [5.41, 5.74) is 4.82. The van der Waals surface area contributed by atoms with Gasteiger partial charge >= 0.3 is 0 Å². The van der Waals surface area contributed by atoms with Crippen LogP contribution in [-0.4, -0.2) is 39.3 Å². The maximum Gasteiger partial charge on any atom is 0.228 e. The zero-order chi connectivity index (χ0) is 16.7. The zero-order valence-corrected chi connectivity index (χ0v) is 13.7. The molecule has 4 rings (SSSR count). The number of para-hydroxylation sites is 2. The number of benzene rings is 2. The Morgan fingerprint density at radius 3 is 2.54 bits per heavy atom. The topological polar surface area (TPSA) is 53.4 Å². The fraction of sp³-hybridized carbons (Fsp3) is 0.158. The molecule has 5 heteroatoms. The molecular formula is C19H18N4O. The summed E-state index contributed by atoms with van der Waals surface area (Å²) in [5.74, 6) is 0.816. The first-order chi connectivity index (χ1) is 11.6. The third kappa shape index (κ3) is 2.25. The number of amides is 1. The lowest BCUT2D eigenvalue weighted by atomic mass is 10.1. The van der Waals surface area contributed by atoms with Crippen LogP contribution in [0.1, 0.15) is 5.69 Å². The van der Waals surface area contributed by atoms with E-state index in [-0.39, 0.29) is 5.91 Å². The van der Waals surface area contributed by atoms with Crippen LogP contribution >= 0.6 is 0 Å². The molecule has 120 valence electrons. The molecule has 0 bridgehead atoms. The molecule has 24 heavy (non-hydrogen) atoms. The number of aromatic nitrogens is 3. The van der Waals surface area contributed by atoms with Crippen molar-refractivity contribution in [2.24, 2.45) is 0 Å². The quantitative estimate of drug-likeness (QED) is 0.631. The number of carbonyl (C=O) groups is 1. The maximum absolute atomic E-state index is 12.4. The smallest absolute Gasteiger partial charge is 0.228 e. The van der Waals surface area contributed by atoms with Crippen molar-refractivity contribution in [3.05, 3.63) is 60.3 Å². The summed E-state index contributed by atoms with van der Waals surface area (Å²) in [6.07, 6.45) is 0.306. The van der Waals surface area contributed by atoms with Crippen LogP contribution in [0.25, 0.3) is 28.1 Å². The van der Waals surface area contributed by atoms with Gasteiger partial charge < -0.3 is 9.88 Å². The highest BCUT2D eigenvalue weighted by Crippen LogP contribution is 2.28.